The summed E-state index contributed by atoms with van der Waals surface area (Å²) in [6, 6.07) is 19.7. The highest BCUT2D eigenvalue weighted by molar-refractivity contribution is 7.94. The first kappa shape index (κ1) is 35.9. The summed E-state index contributed by atoms with van der Waals surface area (Å²) in [6.45, 7) is 4.32. The van der Waals surface area contributed by atoms with Crippen molar-refractivity contribution in [3.63, 3.8) is 0 Å². The minimum atomic E-state index is -3.16. The Bertz CT molecular complexity index is 1930. The molecule has 0 N–H and O–H groups in total. The average Bonchev–Trinajstić information content (AvgIpc) is 3.25. The Morgan fingerprint density at radius 3 is 2.73 bits per heavy atom. The van der Waals surface area contributed by atoms with Gasteiger partial charge in [0.15, 0.2) is 0 Å². The van der Waals surface area contributed by atoms with E-state index in [1.807, 2.05) is 24.3 Å². The molecule has 2 aliphatic carbocycles. The van der Waals surface area contributed by atoms with Gasteiger partial charge in [0, 0.05) is 48.4 Å². The van der Waals surface area contributed by atoms with Crippen LogP contribution in [0.1, 0.15) is 77.6 Å². The lowest BCUT2D eigenvalue weighted by molar-refractivity contribution is -0.116. The van der Waals surface area contributed by atoms with E-state index < -0.39 is 15.6 Å². The Labute approximate surface area is 307 Å². The molecule has 2 heterocycles. The molecule has 1 fully saturated rings. The number of ether oxygens (including phenoxy) is 2. The summed E-state index contributed by atoms with van der Waals surface area (Å²) in [6.07, 6.45) is 11.6. The molecule has 0 saturated heterocycles. The number of rotatable bonds is 6. The van der Waals surface area contributed by atoms with Crippen LogP contribution in [0.4, 0.5) is 5.69 Å². The number of ketones is 1. The number of halogens is 1. The number of hydrogen-bond donors (Lipinski definition) is 0. The van der Waals surface area contributed by atoms with E-state index in [4.69, 9.17) is 21.1 Å². The minimum absolute atomic E-state index is 0.0110. The van der Waals surface area contributed by atoms with Crippen LogP contribution in [-0.4, -0.2) is 60.3 Å². The summed E-state index contributed by atoms with van der Waals surface area (Å²) in [5, 5.41) is 0.635. The molecule has 1 saturated carbocycles. The van der Waals surface area contributed by atoms with Crippen LogP contribution in [0.15, 0.2) is 77.2 Å². The number of methoxy groups -OCH3 is 1. The SMILES string of the molecule is CO[C@H]1/C=C/CCCS(=O)(CC(=O)CCc2ccc(Cl)cc2)=NC(=O)c2ccc3c(c2)N(C[C@@H]2CC[C@H]21)C[C@@]1(CCCc2cc(C)ccc21)CO3. The Morgan fingerprint density at radius 2 is 1.94 bits per heavy atom. The molecule has 0 aromatic heterocycles. The van der Waals surface area contributed by atoms with Crippen molar-refractivity contribution in [2.45, 2.75) is 76.2 Å². The van der Waals surface area contributed by atoms with Crippen LogP contribution in [0, 0.1) is 18.8 Å². The van der Waals surface area contributed by atoms with Gasteiger partial charge in [0.1, 0.15) is 11.5 Å². The van der Waals surface area contributed by atoms with Crippen LogP contribution >= 0.6 is 11.6 Å². The molecule has 1 spiro atoms. The van der Waals surface area contributed by atoms with Crippen molar-refractivity contribution in [1.29, 1.82) is 0 Å². The van der Waals surface area contributed by atoms with Gasteiger partial charge in [-0.25, -0.2) is 4.21 Å². The third-order valence-corrected chi connectivity index (χ3v) is 14.0. The van der Waals surface area contributed by atoms with E-state index in [0.29, 0.717) is 48.3 Å². The molecule has 2 aliphatic heterocycles. The van der Waals surface area contributed by atoms with Gasteiger partial charge in [-0.3, -0.25) is 9.59 Å². The highest BCUT2D eigenvalue weighted by Crippen LogP contribution is 2.47. The summed E-state index contributed by atoms with van der Waals surface area (Å²) in [5.74, 6) is 0.768. The molecule has 1 amide bonds. The third-order valence-electron chi connectivity index (χ3n) is 11.5. The number of allylic oxidation sites excluding steroid dienone is 1. The molecule has 4 aliphatic rings. The molecule has 5 atom stereocenters. The lowest BCUT2D eigenvalue weighted by atomic mass is 9.68. The van der Waals surface area contributed by atoms with Gasteiger partial charge in [0.25, 0.3) is 5.91 Å². The van der Waals surface area contributed by atoms with Crippen molar-refractivity contribution < 1.29 is 23.3 Å². The second kappa shape index (κ2) is 15.3. The number of carbonyl (C=O) groups excluding carboxylic acids is 2. The fourth-order valence-electron chi connectivity index (χ4n) is 8.61. The van der Waals surface area contributed by atoms with Crippen LogP contribution in [-0.2, 0) is 37.5 Å². The maximum absolute atomic E-state index is 14.4. The smallest absolute Gasteiger partial charge is 0.285 e. The Hall–Kier alpha value is -3.46. The summed E-state index contributed by atoms with van der Waals surface area (Å²) >= 11 is 6.03. The number of hydrogen-bond acceptors (Lipinski definition) is 6. The first-order chi connectivity index (χ1) is 24.6. The topological polar surface area (TPSA) is 85.3 Å². The van der Waals surface area contributed by atoms with Gasteiger partial charge in [-0.05, 0) is 117 Å². The van der Waals surface area contributed by atoms with Gasteiger partial charge in [0.2, 0.25) is 0 Å². The first-order valence-corrected chi connectivity index (χ1v) is 20.7. The van der Waals surface area contributed by atoms with Crippen molar-refractivity contribution in [3.05, 3.63) is 106 Å². The number of anilines is 1. The maximum Gasteiger partial charge on any atom is 0.285 e. The highest BCUT2D eigenvalue weighted by Gasteiger charge is 2.44. The lowest BCUT2D eigenvalue weighted by Gasteiger charge is -2.46. The van der Waals surface area contributed by atoms with E-state index in [9.17, 15) is 13.8 Å². The predicted molar refractivity (Wildman–Crippen MR) is 205 cm³/mol. The Morgan fingerprint density at radius 1 is 1.10 bits per heavy atom. The van der Waals surface area contributed by atoms with Crippen molar-refractivity contribution in [1.82, 2.24) is 0 Å². The number of carbonyl (C=O) groups is 2. The van der Waals surface area contributed by atoms with Gasteiger partial charge < -0.3 is 14.4 Å². The molecule has 0 radical (unpaired) electrons. The van der Waals surface area contributed by atoms with Gasteiger partial charge in [-0.1, -0.05) is 59.6 Å². The Balaban J connectivity index is 1.23. The van der Waals surface area contributed by atoms with Crippen LogP contribution < -0.4 is 9.64 Å². The van der Waals surface area contributed by atoms with Crippen LogP contribution in [0.2, 0.25) is 5.02 Å². The summed E-state index contributed by atoms with van der Waals surface area (Å²) in [7, 11) is -1.37. The number of nitrogens with zero attached hydrogens (tertiary/aromatic N) is 2. The summed E-state index contributed by atoms with van der Waals surface area (Å²) in [4.78, 5) is 29.6. The van der Waals surface area contributed by atoms with Gasteiger partial charge in [-0.2, -0.15) is 4.36 Å². The maximum atomic E-state index is 14.4. The molecule has 3 aromatic rings. The van der Waals surface area contributed by atoms with Crippen LogP contribution in [0.3, 0.4) is 0 Å². The zero-order valence-corrected chi connectivity index (χ0v) is 31.4. The molecule has 1 unspecified atom stereocenters. The van der Waals surface area contributed by atoms with E-state index in [1.54, 1.807) is 25.3 Å². The molecule has 3 aromatic carbocycles. The second-order valence-corrected chi connectivity index (χ2v) is 18.0. The summed E-state index contributed by atoms with van der Waals surface area (Å²) in [5.41, 5.74) is 6.08. The number of aryl methyl sites for hydroxylation is 3. The van der Waals surface area contributed by atoms with E-state index >= 15 is 0 Å². The highest BCUT2D eigenvalue weighted by atomic mass is 35.5. The first-order valence-electron chi connectivity index (χ1n) is 18.5. The minimum Gasteiger partial charge on any atom is -0.490 e. The van der Waals surface area contributed by atoms with Crippen molar-refractivity contribution in [2.75, 3.05) is 43.2 Å². The van der Waals surface area contributed by atoms with Crippen molar-refractivity contribution in [3.8, 4) is 5.75 Å². The zero-order chi connectivity index (χ0) is 35.6. The molecule has 7 rings (SSSR count). The van der Waals surface area contributed by atoms with E-state index in [2.05, 4.69) is 46.5 Å². The number of Topliss-reactive ketones (excluding diaryl/α,β-unsaturated/α-hetero) is 1. The van der Waals surface area contributed by atoms with Crippen molar-refractivity contribution in [2.24, 2.45) is 16.2 Å². The Kier molecular flexibility index (Phi) is 10.7. The van der Waals surface area contributed by atoms with Crippen LogP contribution in [0.5, 0.6) is 5.75 Å². The molecular weight excluding hydrogens is 680 g/mol. The number of amides is 1. The number of benzene rings is 3. The molecule has 9 heteroatoms. The zero-order valence-electron chi connectivity index (χ0n) is 29.8. The quantitative estimate of drug-likeness (QED) is 0.238. The molecule has 2 bridgehead atoms. The fraction of sp³-hybridized carbons (Fsp3) is 0.476. The van der Waals surface area contributed by atoms with E-state index in [-0.39, 0.29) is 35.2 Å². The second-order valence-electron chi connectivity index (χ2n) is 15.1. The van der Waals surface area contributed by atoms with E-state index in [0.717, 1.165) is 62.2 Å². The van der Waals surface area contributed by atoms with Gasteiger partial charge in [0.05, 0.1) is 33.9 Å². The fourth-order valence-corrected chi connectivity index (χ4v) is 10.7. The number of fused-ring (bicyclic) bond motifs is 4. The van der Waals surface area contributed by atoms with Crippen molar-refractivity contribution >= 4 is 38.7 Å². The average molecular weight is 729 g/mol. The predicted octanol–water partition coefficient (Wildman–Crippen LogP) is 8.32. The van der Waals surface area contributed by atoms with E-state index in [1.165, 1.54) is 16.7 Å². The van der Waals surface area contributed by atoms with Gasteiger partial charge >= 0.3 is 0 Å². The lowest BCUT2D eigenvalue weighted by Crippen LogP contribution is -2.49. The molecular formula is C42H49ClN2O5S. The molecule has 51 heavy (non-hydrogen) atoms. The standard InChI is InChI=1S/C42H49ClN2O5S/c1-29-9-19-37-31(23-29)7-6-21-42(37)27-45-25-33-13-18-36(33)39(49-2)8-4-3-5-22-51(48,26-35(46)17-12-30-10-15-34(43)16-11-30)44-41(47)32-14-20-40(50-28-42)38(45)24-32/h4,8-11,14-16,19-20,23-24,33,36,39H,3,5-7,12-13,17-18,21-22,25-28H2,1-2H3/b8-4+/t33-,36+,39-,42-,51?/m0/s1. The monoisotopic (exact) mass is 728 g/mol. The van der Waals surface area contributed by atoms with Gasteiger partial charge in [-0.15, -0.1) is 0 Å². The molecule has 7 nitrogen and oxygen atoms in total. The normalized spacial score (nSPS) is 28.3. The molecule has 270 valence electrons. The summed E-state index contributed by atoms with van der Waals surface area (Å²) < 4.78 is 31.5. The largest absolute Gasteiger partial charge is 0.490 e. The van der Waals surface area contributed by atoms with Crippen LogP contribution in [0.25, 0.3) is 0 Å². The third kappa shape index (κ3) is 7.98.